The minimum absolute atomic E-state index is 0.603. The van der Waals surface area contributed by atoms with Crippen molar-refractivity contribution >= 4 is 5.82 Å². The first-order chi connectivity index (χ1) is 9.11. The van der Waals surface area contributed by atoms with Crippen LogP contribution in [0, 0.1) is 6.92 Å². The molecule has 0 saturated carbocycles. The number of aryl methyl sites for hydroxylation is 1. The standard InChI is InChI=1S/C14H23N3.C2H6/c1-5-17-12(3)9-16(10-13(17)4)14-8-11(2)6-7-15-14;1-2/h6-8,12-13H,5,9-10H2,1-4H3;1-2H3. The molecule has 0 aromatic carbocycles. The monoisotopic (exact) mass is 263 g/mol. The molecule has 2 atom stereocenters. The molecule has 0 spiro atoms. The fourth-order valence-corrected chi connectivity index (χ4v) is 2.86. The van der Waals surface area contributed by atoms with Crippen LogP contribution in [0.25, 0.3) is 0 Å². The molecule has 2 heterocycles. The van der Waals surface area contributed by atoms with Crippen LogP contribution < -0.4 is 4.90 Å². The Hall–Kier alpha value is -1.09. The van der Waals surface area contributed by atoms with Crippen molar-refractivity contribution in [1.29, 1.82) is 0 Å². The van der Waals surface area contributed by atoms with Crippen molar-refractivity contribution in [3.05, 3.63) is 23.9 Å². The lowest BCUT2D eigenvalue weighted by atomic mass is 10.1. The van der Waals surface area contributed by atoms with E-state index in [9.17, 15) is 0 Å². The van der Waals surface area contributed by atoms with Crippen LogP contribution >= 0.6 is 0 Å². The summed E-state index contributed by atoms with van der Waals surface area (Å²) in [4.78, 5) is 9.46. The van der Waals surface area contributed by atoms with Crippen molar-refractivity contribution in [3.63, 3.8) is 0 Å². The average molecular weight is 263 g/mol. The molecule has 108 valence electrons. The van der Waals surface area contributed by atoms with E-state index in [0.717, 1.165) is 25.5 Å². The van der Waals surface area contributed by atoms with E-state index in [1.165, 1.54) is 5.56 Å². The highest BCUT2D eigenvalue weighted by Gasteiger charge is 2.28. The predicted molar refractivity (Wildman–Crippen MR) is 83.8 cm³/mol. The Morgan fingerprint density at radius 3 is 2.26 bits per heavy atom. The summed E-state index contributed by atoms with van der Waals surface area (Å²) in [6, 6.07) is 5.44. The molecule has 2 rings (SSSR count). The molecule has 0 bridgehead atoms. The van der Waals surface area contributed by atoms with E-state index in [1.54, 1.807) is 0 Å². The third kappa shape index (κ3) is 3.93. The van der Waals surface area contributed by atoms with Gasteiger partial charge in [0.05, 0.1) is 0 Å². The third-order valence-corrected chi connectivity index (χ3v) is 3.69. The second-order valence-corrected chi connectivity index (χ2v) is 5.12. The molecule has 1 saturated heterocycles. The highest BCUT2D eigenvalue weighted by Crippen LogP contribution is 2.20. The zero-order chi connectivity index (χ0) is 14.4. The quantitative estimate of drug-likeness (QED) is 0.816. The summed E-state index contributed by atoms with van der Waals surface area (Å²) in [5.41, 5.74) is 1.29. The fourth-order valence-electron chi connectivity index (χ4n) is 2.86. The number of rotatable bonds is 2. The van der Waals surface area contributed by atoms with Crippen LogP contribution in [0.2, 0.25) is 0 Å². The Bertz CT molecular complexity index is 366. The number of anilines is 1. The molecular formula is C16H29N3. The minimum Gasteiger partial charge on any atom is -0.353 e. The first-order valence-corrected chi connectivity index (χ1v) is 7.55. The van der Waals surface area contributed by atoms with Crippen molar-refractivity contribution in [1.82, 2.24) is 9.88 Å². The molecular weight excluding hydrogens is 234 g/mol. The van der Waals surface area contributed by atoms with E-state index in [1.807, 2.05) is 20.0 Å². The molecule has 1 aliphatic heterocycles. The largest absolute Gasteiger partial charge is 0.353 e. The molecule has 19 heavy (non-hydrogen) atoms. The van der Waals surface area contributed by atoms with Gasteiger partial charge >= 0.3 is 0 Å². The Balaban J connectivity index is 0.000000861. The number of piperazine rings is 1. The third-order valence-electron chi connectivity index (χ3n) is 3.69. The zero-order valence-corrected chi connectivity index (χ0v) is 13.3. The van der Waals surface area contributed by atoms with Gasteiger partial charge in [0.15, 0.2) is 0 Å². The second kappa shape index (κ2) is 7.49. The van der Waals surface area contributed by atoms with Crippen molar-refractivity contribution in [2.45, 2.75) is 53.6 Å². The van der Waals surface area contributed by atoms with Crippen LogP contribution in [0.4, 0.5) is 5.82 Å². The maximum absolute atomic E-state index is 4.49. The lowest BCUT2D eigenvalue weighted by Gasteiger charge is -2.44. The summed E-state index contributed by atoms with van der Waals surface area (Å²) >= 11 is 0. The second-order valence-electron chi connectivity index (χ2n) is 5.12. The summed E-state index contributed by atoms with van der Waals surface area (Å²) in [5, 5.41) is 0. The molecule has 0 N–H and O–H groups in total. The first kappa shape index (κ1) is 16.0. The zero-order valence-electron chi connectivity index (χ0n) is 13.3. The van der Waals surface area contributed by atoms with Crippen LogP contribution in [-0.2, 0) is 0 Å². The molecule has 0 aliphatic carbocycles. The van der Waals surface area contributed by atoms with Gasteiger partial charge < -0.3 is 4.90 Å². The maximum atomic E-state index is 4.49. The summed E-state index contributed by atoms with van der Waals surface area (Å²) in [6.45, 7) is 16.3. The van der Waals surface area contributed by atoms with E-state index in [0.29, 0.717) is 12.1 Å². The van der Waals surface area contributed by atoms with Crippen LogP contribution in [0.1, 0.15) is 40.2 Å². The summed E-state index contributed by atoms with van der Waals surface area (Å²) < 4.78 is 0. The van der Waals surface area contributed by atoms with Crippen molar-refractivity contribution in [3.8, 4) is 0 Å². The molecule has 0 amide bonds. The number of nitrogens with zero attached hydrogens (tertiary/aromatic N) is 3. The molecule has 3 heteroatoms. The van der Waals surface area contributed by atoms with E-state index in [2.05, 4.69) is 54.6 Å². The van der Waals surface area contributed by atoms with Gasteiger partial charge in [-0.1, -0.05) is 20.8 Å². The summed E-state index contributed by atoms with van der Waals surface area (Å²) in [6.07, 6.45) is 1.91. The fraction of sp³-hybridized carbons (Fsp3) is 0.688. The highest BCUT2D eigenvalue weighted by atomic mass is 15.3. The lowest BCUT2D eigenvalue weighted by Crippen LogP contribution is -2.56. The number of hydrogen-bond donors (Lipinski definition) is 0. The first-order valence-electron chi connectivity index (χ1n) is 7.55. The van der Waals surface area contributed by atoms with Crippen molar-refractivity contribution < 1.29 is 0 Å². The molecule has 3 nitrogen and oxygen atoms in total. The topological polar surface area (TPSA) is 19.4 Å². The Kier molecular flexibility index (Phi) is 6.29. The molecule has 1 aliphatic rings. The number of aromatic nitrogens is 1. The molecule has 0 radical (unpaired) electrons. The number of pyridine rings is 1. The lowest BCUT2D eigenvalue weighted by molar-refractivity contribution is 0.139. The van der Waals surface area contributed by atoms with E-state index in [4.69, 9.17) is 0 Å². The molecule has 2 unspecified atom stereocenters. The highest BCUT2D eigenvalue weighted by molar-refractivity contribution is 5.41. The smallest absolute Gasteiger partial charge is 0.128 e. The van der Waals surface area contributed by atoms with Crippen LogP contribution in [0.3, 0.4) is 0 Å². The molecule has 1 fully saturated rings. The minimum atomic E-state index is 0.603. The van der Waals surface area contributed by atoms with Gasteiger partial charge in [0.25, 0.3) is 0 Å². The van der Waals surface area contributed by atoms with E-state index >= 15 is 0 Å². The summed E-state index contributed by atoms with van der Waals surface area (Å²) in [5.74, 6) is 1.12. The number of hydrogen-bond acceptors (Lipinski definition) is 3. The summed E-state index contributed by atoms with van der Waals surface area (Å²) in [7, 11) is 0. The van der Waals surface area contributed by atoms with Gasteiger partial charge in [0, 0.05) is 31.4 Å². The van der Waals surface area contributed by atoms with E-state index < -0.39 is 0 Å². The Morgan fingerprint density at radius 2 is 1.79 bits per heavy atom. The van der Waals surface area contributed by atoms with Gasteiger partial charge in [0.2, 0.25) is 0 Å². The van der Waals surface area contributed by atoms with Gasteiger partial charge in [0.1, 0.15) is 5.82 Å². The predicted octanol–water partition coefficient (Wildman–Crippen LogP) is 3.34. The SMILES string of the molecule is CC.CCN1C(C)CN(c2cc(C)ccn2)CC1C. The van der Waals surface area contributed by atoms with Crippen molar-refractivity contribution in [2.24, 2.45) is 0 Å². The van der Waals surface area contributed by atoms with Crippen LogP contribution in [0.15, 0.2) is 18.3 Å². The molecule has 1 aromatic rings. The Morgan fingerprint density at radius 1 is 1.21 bits per heavy atom. The van der Waals surface area contributed by atoms with Crippen LogP contribution in [-0.4, -0.2) is 41.6 Å². The number of likely N-dealkylation sites (N-methyl/N-ethyl adjacent to an activating group) is 1. The maximum Gasteiger partial charge on any atom is 0.128 e. The average Bonchev–Trinajstić information content (AvgIpc) is 2.40. The van der Waals surface area contributed by atoms with Crippen LogP contribution in [0.5, 0.6) is 0 Å². The van der Waals surface area contributed by atoms with Crippen molar-refractivity contribution in [2.75, 3.05) is 24.5 Å². The molecule has 1 aromatic heterocycles. The van der Waals surface area contributed by atoms with Gasteiger partial charge in [-0.15, -0.1) is 0 Å². The normalized spacial score (nSPS) is 23.8. The van der Waals surface area contributed by atoms with Gasteiger partial charge in [-0.2, -0.15) is 0 Å². The van der Waals surface area contributed by atoms with Gasteiger partial charge in [-0.05, 0) is 45.0 Å². The van der Waals surface area contributed by atoms with Gasteiger partial charge in [-0.3, -0.25) is 4.90 Å². The van der Waals surface area contributed by atoms with Gasteiger partial charge in [-0.25, -0.2) is 4.98 Å². The Labute approximate surface area is 118 Å². The van der Waals surface area contributed by atoms with E-state index in [-0.39, 0.29) is 0 Å².